The van der Waals surface area contributed by atoms with Crippen LogP contribution in [0.4, 0.5) is 5.95 Å². The van der Waals surface area contributed by atoms with Gasteiger partial charge in [-0.25, -0.2) is 4.98 Å². The first kappa shape index (κ1) is 20.7. The van der Waals surface area contributed by atoms with Crippen LogP contribution < -0.4 is 27.2 Å². The number of amides is 2. The van der Waals surface area contributed by atoms with Crippen molar-refractivity contribution in [2.45, 2.75) is 6.42 Å². The van der Waals surface area contributed by atoms with E-state index in [4.69, 9.17) is 5.73 Å². The minimum atomic E-state index is -0.449. The fourth-order valence-corrected chi connectivity index (χ4v) is 3.25. The zero-order chi connectivity index (χ0) is 22.5. The molecule has 2 aromatic heterocycles. The summed E-state index contributed by atoms with van der Waals surface area (Å²) in [5.74, 6) is -0.556. The molecule has 1 aliphatic carbocycles. The van der Waals surface area contributed by atoms with Crippen LogP contribution in [-0.2, 0) is 4.79 Å². The number of pyridine rings is 1. The lowest BCUT2D eigenvalue weighted by Gasteiger charge is -2.15. The van der Waals surface area contributed by atoms with Gasteiger partial charge in [0.25, 0.3) is 17.4 Å². The molecule has 10 nitrogen and oxygen atoms in total. The normalized spacial score (nSPS) is 13.4. The minimum absolute atomic E-state index is 0.0463. The van der Waals surface area contributed by atoms with E-state index < -0.39 is 11.8 Å². The molecule has 32 heavy (non-hydrogen) atoms. The van der Waals surface area contributed by atoms with E-state index in [9.17, 15) is 14.4 Å². The van der Waals surface area contributed by atoms with Gasteiger partial charge < -0.3 is 26.3 Å². The summed E-state index contributed by atoms with van der Waals surface area (Å²) in [6.45, 7) is 0.0463. The molecule has 1 aromatic carbocycles. The number of hydrogen-bond acceptors (Lipinski definition) is 6. The first-order chi connectivity index (χ1) is 15.5. The van der Waals surface area contributed by atoms with Crippen LogP contribution in [-0.4, -0.2) is 33.4 Å². The highest BCUT2D eigenvalue weighted by atomic mass is 16.2. The van der Waals surface area contributed by atoms with Crippen LogP contribution >= 0.6 is 0 Å². The molecule has 0 fully saturated rings. The largest absolute Gasteiger partial charge is 0.397 e. The Bertz CT molecular complexity index is 1320. The van der Waals surface area contributed by atoms with Gasteiger partial charge in [-0.05, 0) is 23.6 Å². The molecule has 2 amide bonds. The topological polar surface area (TPSA) is 158 Å². The van der Waals surface area contributed by atoms with Crippen LogP contribution in [0.2, 0.25) is 0 Å². The van der Waals surface area contributed by atoms with Crippen LogP contribution in [0.15, 0.2) is 82.7 Å². The zero-order valence-electron chi connectivity index (χ0n) is 16.9. The van der Waals surface area contributed by atoms with E-state index in [1.165, 1.54) is 6.20 Å². The van der Waals surface area contributed by atoms with E-state index in [-0.39, 0.29) is 29.2 Å². The van der Waals surface area contributed by atoms with Gasteiger partial charge in [0.05, 0.1) is 17.9 Å². The number of allylic oxidation sites excluding steroid dienone is 3. The molecule has 162 valence electrons. The smallest absolute Gasteiger partial charge is 0.269 e. The lowest BCUT2D eigenvalue weighted by atomic mass is 10.1. The average molecular weight is 431 g/mol. The lowest BCUT2D eigenvalue weighted by molar-refractivity contribution is -0.112. The Morgan fingerprint density at radius 3 is 2.84 bits per heavy atom. The summed E-state index contributed by atoms with van der Waals surface area (Å²) in [4.78, 5) is 46.6. The number of imidazole rings is 1. The summed E-state index contributed by atoms with van der Waals surface area (Å²) in [5.41, 5.74) is 7.14. The average Bonchev–Trinajstić information content (AvgIpc) is 3.23. The van der Waals surface area contributed by atoms with E-state index in [1.807, 2.05) is 6.08 Å². The number of carbonyl (C=O) groups excluding carboxylic acids is 2. The molecule has 0 spiro atoms. The first-order valence-corrected chi connectivity index (χ1v) is 9.83. The number of fused-ring (bicyclic) bond motifs is 1. The first-order valence-electron chi connectivity index (χ1n) is 9.83. The van der Waals surface area contributed by atoms with Crippen LogP contribution in [0, 0.1) is 0 Å². The number of rotatable bonds is 6. The highest BCUT2D eigenvalue weighted by molar-refractivity contribution is 6.06. The van der Waals surface area contributed by atoms with Gasteiger partial charge in [0.15, 0.2) is 0 Å². The second-order valence-electron chi connectivity index (χ2n) is 6.96. The SMILES string of the molecule is NC1=C(NCNC(=O)c2cc3ccccc3c(=O)[nH]2)CC=CC=C1C(=O)Nc1ncc[nH]1. The Balaban J connectivity index is 1.43. The van der Waals surface area contributed by atoms with E-state index in [2.05, 4.69) is 30.9 Å². The predicted octanol–water partition coefficient (Wildman–Crippen LogP) is 1.22. The summed E-state index contributed by atoms with van der Waals surface area (Å²) in [5, 5.41) is 9.55. The molecule has 4 rings (SSSR count). The van der Waals surface area contributed by atoms with Crippen LogP contribution in [0.3, 0.4) is 0 Å². The van der Waals surface area contributed by atoms with Crippen molar-refractivity contribution >= 4 is 28.5 Å². The summed E-state index contributed by atoms with van der Waals surface area (Å²) < 4.78 is 0. The summed E-state index contributed by atoms with van der Waals surface area (Å²) in [6, 6.07) is 8.64. The van der Waals surface area contributed by atoms with E-state index in [0.717, 1.165) is 0 Å². The second kappa shape index (κ2) is 9.04. The number of aromatic nitrogens is 3. The number of nitrogens with one attached hydrogen (secondary N) is 5. The Morgan fingerprint density at radius 1 is 1.19 bits per heavy atom. The quantitative estimate of drug-likeness (QED) is 0.322. The molecule has 3 aromatic rings. The number of hydrogen-bond donors (Lipinski definition) is 6. The molecule has 0 saturated carbocycles. The fraction of sp³-hybridized carbons (Fsp3) is 0.0909. The number of benzene rings is 1. The maximum atomic E-state index is 12.6. The molecule has 0 atom stereocenters. The van der Waals surface area contributed by atoms with Crippen LogP contribution in [0.5, 0.6) is 0 Å². The molecular weight excluding hydrogens is 410 g/mol. The molecule has 0 saturated heterocycles. The van der Waals surface area contributed by atoms with Crippen molar-refractivity contribution in [3.8, 4) is 0 Å². The third-order valence-corrected chi connectivity index (χ3v) is 4.86. The Morgan fingerprint density at radius 2 is 2.03 bits per heavy atom. The maximum Gasteiger partial charge on any atom is 0.269 e. The van der Waals surface area contributed by atoms with Gasteiger partial charge in [-0.2, -0.15) is 0 Å². The minimum Gasteiger partial charge on any atom is -0.397 e. The van der Waals surface area contributed by atoms with E-state index >= 15 is 0 Å². The third kappa shape index (κ3) is 4.43. The summed E-state index contributed by atoms with van der Waals surface area (Å²) in [6.07, 6.45) is 8.74. The molecule has 7 N–H and O–H groups in total. The molecule has 0 radical (unpaired) electrons. The van der Waals surface area contributed by atoms with Gasteiger partial charge in [0.1, 0.15) is 5.69 Å². The molecule has 2 heterocycles. The van der Waals surface area contributed by atoms with Gasteiger partial charge in [0.2, 0.25) is 5.95 Å². The Labute approximate surface area is 182 Å². The summed E-state index contributed by atoms with van der Waals surface area (Å²) >= 11 is 0. The molecule has 0 bridgehead atoms. The molecule has 0 unspecified atom stereocenters. The van der Waals surface area contributed by atoms with Gasteiger partial charge >= 0.3 is 0 Å². The number of H-pyrrole nitrogens is 2. The molecule has 10 heteroatoms. The van der Waals surface area contributed by atoms with Gasteiger partial charge in [0, 0.05) is 29.9 Å². The third-order valence-electron chi connectivity index (χ3n) is 4.86. The van der Waals surface area contributed by atoms with Crippen molar-refractivity contribution in [3.63, 3.8) is 0 Å². The van der Waals surface area contributed by atoms with Gasteiger partial charge in [-0.15, -0.1) is 0 Å². The lowest BCUT2D eigenvalue weighted by Crippen LogP contribution is -2.36. The number of nitrogens with two attached hydrogens (primary N) is 1. The number of aromatic amines is 2. The monoisotopic (exact) mass is 431 g/mol. The van der Waals surface area contributed by atoms with Gasteiger partial charge in [-0.1, -0.05) is 30.4 Å². The Hall–Kier alpha value is -4.60. The highest BCUT2D eigenvalue weighted by Crippen LogP contribution is 2.17. The van der Waals surface area contributed by atoms with Crippen LogP contribution in [0.1, 0.15) is 16.9 Å². The number of nitrogens with zero attached hydrogens (tertiary/aromatic N) is 1. The van der Waals surface area contributed by atoms with Crippen molar-refractivity contribution in [1.82, 2.24) is 25.6 Å². The van der Waals surface area contributed by atoms with Gasteiger partial charge in [-0.3, -0.25) is 19.7 Å². The standard InChI is InChI=1S/C22H21N7O3/c23-18-15(20(31)29-22-24-9-10-25-22)7-3-4-8-16(18)26-12-27-21(32)17-11-13-5-1-2-6-14(13)19(30)28-17/h1-7,9-11,26H,8,12,23H2,(H,27,32)(H,28,30)(H2,24,25,29,31). The number of anilines is 1. The van der Waals surface area contributed by atoms with E-state index in [0.29, 0.717) is 28.8 Å². The maximum absolute atomic E-state index is 12.6. The van der Waals surface area contributed by atoms with Crippen molar-refractivity contribution in [1.29, 1.82) is 0 Å². The number of carbonyl (C=O) groups is 2. The van der Waals surface area contributed by atoms with Crippen molar-refractivity contribution in [2.75, 3.05) is 12.0 Å². The van der Waals surface area contributed by atoms with E-state index in [1.54, 1.807) is 48.7 Å². The second-order valence-corrected chi connectivity index (χ2v) is 6.96. The highest BCUT2D eigenvalue weighted by Gasteiger charge is 2.18. The Kier molecular flexibility index (Phi) is 5.84. The molecular formula is C22H21N7O3. The molecule has 0 aliphatic heterocycles. The van der Waals surface area contributed by atoms with Crippen molar-refractivity contribution in [3.05, 3.63) is 94.0 Å². The van der Waals surface area contributed by atoms with Crippen molar-refractivity contribution in [2.24, 2.45) is 5.73 Å². The van der Waals surface area contributed by atoms with Crippen LogP contribution in [0.25, 0.3) is 10.8 Å². The van der Waals surface area contributed by atoms with Crippen molar-refractivity contribution < 1.29 is 9.59 Å². The predicted molar refractivity (Wildman–Crippen MR) is 120 cm³/mol. The fourth-order valence-electron chi connectivity index (χ4n) is 3.25. The zero-order valence-corrected chi connectivity index (χ0v) is 16.9. The summed E-state index contributed by atoms with van der Waals surface area (Å²) in [7, 11) is 0. The molecule has 1 aliphatic rings.